The van der Waals surface area contributed by atoms with Gasteiger partial charge >= 0.3 is 5.97 Å². The highest BCUT2D eigenvalue weighted by Gasteiger charge is 2.43. The Morgan fingerprint density at radius 2 is 1.93 bits per heavy atom. The lowest BCUT2D eigenvalue weighted by molar-refractivity contribution is -0.145. The first-order chi connectivity index (χ1) is 13.1. The second-order valence-electron chi connectivity index (χ2n) is 8.79. The molecule has 4 nitrogen and oxygen atoms in total. The van der Waals surface area contributed by atoms with E-state index in [1.165, 1.54) is 7.11 Å². The van der Waals surface area contributed by atoms with Crippen LogP contribution in [-0.4, -0.2) is 28.5 Å². The normalized spacial score (nSPS) is 18.3. The van der Waals surface area contributed by atoms with E-state index < -0.39 is 14.2 Å². The fraction of sp³-hybridized carbons (Fsp3) is 0.522. The zero-order valence-corrected chi connectivity index (χ0v) is 19.5. The second-order valence-corrected chi connectivity index (χ2v) is 13.5. The highest BCUT2D eigenvalue weighted by Crippen LogP contribution is 2.44. The minimum Gasteiger partial charge on any atom is -0.546 e. The summed E-state index contributed by atoms with van der Waals surface area (Å²) in [5.74, 6) is 0.771. The zero-order chi connectivity index (χ0) is 21.1. The Hall–Kier alpha value is -2.01. The minimum absolute atomic E-state index is 0.0330. The van der Waals surface area contributed by atoms with Crippen LogP contribution in [0.2, 0.25) is 18.1 Å². The van der Waals surface area contributed by atoms with Crippen molar-refractivity contribution in [3.05, 3.63) is 47.2 Å². The van der Waals surface area contributed by atoms with Crippen molar-refractivity contribution in [1.82, 2.24) is 0 Å². The molecule has 0 radical (unpaired) electrons. The molecule has 154 valence electrons. The molecule has 1 aromatic rings. The van der Waals surface area contributed by atoms with Gasteiger partial charge in [-0.2, -0.15) is 0 Å². The third-order valence-corrected chi connectivity index (χ3v) is 10.4. The fourth-order valence-corrected chi connectivity index (χ4v) is 4.44. The molecule has 0 saturated heterocycles. The van der Waals surface area contributed by atoms with E-state index in [1.807, 2.05) is 25.1 Å². The minimum atomic E-state index is -2.09. The highest BCUT2D eigenvalue weighted by atomic mass is 28.4. The largest absolute Gasteiger partial charge is 0.546 e. The number of hydrogen-bond donors (Lipinski definition) is 0. The summed E-state index contributed by atoms with van der Waals surface area (Å²) < 4.78 is 17.2. The number of fused-ring (bicyclic) bond motifs is 1. The second kappa shape index (κ2) is 8.56. The third kappa shape index (κ3) is 4.51. The van der Waals surface area contributed by atoms with Gasteiger partial charge in [0.05, 0.1) is 20.0 Å². The Kier molecular flexibility index (Phi) is 6.81. The van der Waals surface area contributed by atoms with Gasteiger partial charge in [-0.3, -0.25) is 4.79 Å². The van der Waals surface area contributed by atoms with Gasteiger partial charge in [0.15, 0.2) is 0 Å². The van der Waals surface area contributed by atoms with E-state index in [1.54, 1.807) is 7.11 Å². The summed E-state index contributed by atoms with van der Waals surface area (Å²) >= 11 is 0. The predicted molar refractivity (Wildman–Crippen MR) is 117 cm³/mol. The van der Waals surface area contributed by atoms with Crippen molar-refractivity contribution in [3.8, 4) is 5.75 Å². The Labute approximate surface area is 170 Å². The SMILES string of the molecule is C/C=C(\O[Si](C)(C)C(C)(C)C)C(C(=O)OC)C1CC=Cc2cc(OC)ccc21. The van der Waals surface area contributed by atoms with Crippen molar-refractivity contribution in [2.75, 3.05) is 14.2 Å². The van der Waals surface area contributed by atoms with Crippen LogP contribution in [0.25, 0.3) is 6.08 Å². The van der Waals surface area contributed by atoms with Gasteiger partial charge in [-0.05, 0) is 54.7 Å². The molecule has 0 spiro atoms. The summed E-state index contributed by atoms with van der Waals surface area (Å²) in [7, 11) is 1.01. The van der Waals surface area contributed by atoms with Crippen LogP contribution in [0.4, 0.5) is 0 Å². The molecule has 0 saturated carbocycles. The maximum Gasteiger partial charge on any atom is 0.316 e. The van der Waals surface area contributed by atoms with E-state index in [-0.39, 0.29) is 16.9 Å². The van der Waals surface area contributed by atoms with Gasteiger partial charge < -0.3 is 13.9 Å². The molecule has 1 aliphatic rings. The standard InChI is InChI=1S/C23H34O4Si/c1-9-20(27-28(7,8)23(2,3)4)21(22(24)26-6)19-12-10-11-16-15-17(25-5)13-14-18(16)19/h9-11,13-15,19,21H,12H2,1-8H3/b20-9-. The smallest absolute Gasteiger partial charge is 0.316 e. The van der Waals surface area contributed by atoms with Gasteiger partial charge in [-0.15, -0.1) is 0 Å². The molecule has 1 aromatic carbocycles. The van der Waals surface area contributed by atoms with Gasteiger partial charge in [-0.25, -0.2) is 0 Å². The molecule has 0 heterocycles. The summed E-state index contributed by atoms with van der Waals surface area (Å²) in [6, 6.07) is 6.01. The summed E-state index contributed by atoms with van der Waals surface area (Å²) in [4.78, 5) is 12.9. The number of carbonyl (C=O) groups excluding carboxylic acids is 1. The number of allylic oxidation sites excluding steroid dienone is 2. The lowest BCUT2D eigenvalue weighted by Gasteiger charge is -2.40. The topological polar surface area (TPSA) is 44.8 Å². The first-order valence-corrected chi connectivity index (χ1v) is 12.7. The van der Waals surface area contributed by atoms with Gasteiger partial charge in [0.1, 0.15) is 11.7 Å². The van der Waals surface area contributed by atoms with Crippen LogP contribution < -0.4 is 4.74 Å². The fourth-order valence-electron chi connectivity index (χ4n) is 3.30. The lowest BCUT2D eigenvalue weighted by Crippen LogP contribution is -2.42. The Morgan fingerprint density at radius 1 is 1.25 bits per heavy atom. The quantitative estimate of drug-likeness (QED) is 0.337. The Morgan fingerprint density at radius 3 is 2.46 bits per heavy atom. The van der Waals surface area contributed by atoms with Crippen LogP contribution in [0.15, 0.2) is 36.1 Å². The number of ether oxygens (including phenoxy) is 2. The first kappa shape index (κ1) is 22.3. The molecule has 1 aliphatic carbocycles. The van der Waals surface area contributed by atoms with Crippen molar-refractivity contribution in [3.63, 3.8) is 0 Å². The molecule has 0 bridgehead atoms. The van der Waals surface area contributed by atoms with Crippen molar-refractivity contribution in [2.45, 2.75) is 58.2 Å². The summed E-state index contributed by atoms with van der Waals surface area (Å²) in [5.41, 5.74) is 2.20. The van der Waals surface area contributed by atoms with Crippen molar-refractivity contribution < 1.29 is 18.7 Å². The molecule has 2 atom stereocenters. The Bertz CT molecular complexity index is 771. The molecule has 28 heavy (non-hydrogen) atoms. The molecular formula is C23H34O4Si. The molecule has 0 amide bonds. The van der Waals surface area contributed by atoms with Gasteiger partial charge in [-0.1, -0.05) is 45.1 Å². The monoisotopic (exact) mass is 402 g/mol. The van der Waals surface area contributed by atoms with Crippen LogP contribution in [0.5, 0.6) is 5.75 Å². The van der Waals surface area contributed by atoms with E-state index in [2.05, 4.69) is 52.1 Å². The molecule has 5 heteroatoms. The molecule has 2 rings (SSSR count). The van der Waals surface area contributed by atoms with E-state index in [0.717, 1.165) is 29.1 Å². The highest BCUT2D eigenvalue weighted by molar-refractivity contribution is 6.74. The maximum atomic E-state index is 12.9. The van der Waals surface area contributed by atoms with Crippen molar-refractivity contribution >= 4 is 20.4 Å². The number of benzene rings is 1. The molecule has 0 aliphatic heterocycles. The summed E-state index contributed by atoms with van der Waals surface area (Å²) in [6.07, 6.45) is 6.90. The average molecular weight is 403 g/mol. The van der Waals surface area contributed by atoms with Gasteiger partial charge in [0.2, 0.25) is 8.32 Å². The number of rotatable bonds is 6. The number of hydrogen-bond acceptors (Lipinski definition) is 4. The van der Waals surface area contributed by atoms with Crippen LogP contribution in [0.1, 0.15) is 51.2 Å². The zero-order valence-electron chi connectivity index (χ0n) is 18.5. The van der Waals surface area contributed by atoms with E-state index >= 15 is 0 Å². The summed E-state index contributed by atoms with van der Waals surface area (Å²) in [6.45, 7) is 12.9. The van der Waals surface area contributed by atoms with Gasteiger partial charge in [0.25, 0.3) is 0 Å². The van der Waals surface area contributed by atoms with Crippen molar-refractivity contribution in [1.29, 1.82) is 0 Å². The summed E-state index contributed by atoms with van der Waals surface area (Å²) in [5, 5.41) is 0.0413. The molecule has 0 N–H and O–H groups in total. The first-order valence-electron chi connectivity index (χ1n) is 9.83. The van der Waals surface area contributed by atoms with Gasteiger partial charge in [0, 0.05) is 5.92 Å². The van der Waals surface area contributed by atoms with Crippen LogP contribution in [-0.2, 0) is 14.0 Å². The van der Waals surface area contributed by atoms with E-state index in [9.17, 15) is 4.79 Å². The molecule has 0 aromatic heterocycles. The molecular weight excluding hydrogens is 368 g/mol. The number of methoxy groups -OCH3 is 2. The number of carbonyl (C=O) groups is 1. The Balaban J connectivity index is 2.48. The lowest BCUT2D eigenvalue weighted by atomic mass is 9.77. The van der Waals surface area contributed by atoms with Crippen LogP contribution in [0, 0.1) is 5.92 Å². The van der Waals surface area contributed by atoms with E-state index in [0.29, 0.717) is 0 Å². The molecule has 2 unspecified atom stereocenters. The average Bonchev–Trinajstić information content (AvgIpc) is 2.65. The van der Waals surface area contributed by atoms with Crippen LogP contribution >= 0.6 is 0 Å². The van der Waals surface area contributed by atoms with Crippen molar-refractivity contribution in [2.24, 2.45) is 5.92 Å². The predicted octanol–water partition coefficient (Wildman–Crippen LogP) is 5.91. The van der Waals surface area contributed by atoms with E-state index in [4.69, 9.17) is 13.9 Å². The maximum absolute atomic E-state index is 12.9. The third-order valence-electron chi connectivity index (χ3n) is 6.01. The number of esters is 1. The molecule has 0 fully saturated rings. The van der Waals surface area contributed by atoms with Crippen LogP contribution in [0.3, 0.4) is 0 Å².